The molecule has 0 unspecified atom stereocenters. The van der Waals surface area contributed by atoms with Crippen molar-refractivity contribution in [3.05, 3.63) is 48.3 Å². The summed E-state index contributed by atoms with van der Waals surface area (Å²) in [5.74, 6) is 0.695. The van der Waals surface area contributed by atoms with Gasteiger partial charge in [-0.15, -0.1) is 0 Å². The van der Waals surface area contributed by atoms with E-state index in [1.165, 1.54) is 12.1 Å². The van der Waals surface area contributed by atoms with E-state index in [4.69, 9.17) is 10.5 Å². The summed E-state index contributed by atoms with van der Waals surface area (Å²) >= 11 is 0. The van der Waals surface area contributed by atoms with Gasteiger partial charge in [-0.2, -0.15) is 0 Å². The summed E-state index contributed by atoms with van der Waals surface area (Å²) in [6.07, 6.45) is 0. The molecular weight excluding hydrogens is 245 g/mol. The van der Waals surface area contributed by atoms with E-state index in [1.807, 2.05) is 24.3 Å². The van der Waals surface area contributed by atoms with Crippen LogP contribution in [0.4, 0.5) is 10.3 Å². The number of fused-ring (bicyclic) bond motifs is 1. The van der Waals surface area contributed by atoms with Gasteiger partial charge in [-0.1, -0.05) is 6.07 Å². The summed E-state index contributed by atoms with van der Waals surface area (Å²) in [7, 11) is 1.59. The molecule has 1 aromatic heterocycles. The lowest BCUT2D eigenvalue weighted by molar-refractivity contribution is 0.414. The molecule has 0 aliphatic heterocycles. The molecule has 5 heteroatoms. The van der Waals surface area contributed by atoms with E-state index in [9.17, 15) is 4.39 Å². The Morgan fingerprint density at radius 2 is 2.05 bits per heavy atom. The Morgan fingerprint density at radius 3 is 2.84 bits per heavy atom. The van der Waals surface area contributed by atoms with Crippen LogP contribution in [0, 0.1) is 5.82 Å². The van der Waals surface area contributed by atoms with Crippen LogP contribution >= 0.6 is 0 Å². The van der Waals surface area contributed by atoms with Gasteiger partial charge in [0.05, 0.1) is 23.8 Å². The third-order valence-electron chi connectivity index (χ3n) is 2.95. The minimum Gasteiger partial charge on any atom is -0.497 e. The molecule has 0 bridgehead atoms. The monoisotopic (exact) mass is 257 g/mol. The molecule has 0 saturated carbocycles. The van der Waals surface area contributed by atoms with Crippen LogP contribution in [-0.4, -0.2) is 16.7 Å². The first-order chi connectivity index (χ1) is 9.19. The molecule has 3 aromatic rings. The Balaban J connectivity index is 2.28. The van der Waals surface area contributed by atoms with Gasteiger partial charge in [-0.3, -0.25) is 4.57 Å². The molecular formula is C14H12FN3O. The SMILES string of the molecule is COc1cccc(-n2c(N)nc3ccc(F)cc32)c1. The smallest absolute Gasteiger partial charge is 0.205 e. The lowest BCUT2D eigenvalue weighted by Gasteiger charge is -2.08. The van der Waals surface area contributed by atoms with E-state index in [0.29, 0.717) is 22.7 Å². The third kappa shape index (κ3) is 1.89. The van der Waals surface area contributed by atoms with E-state index >= 15 is 0 Å². The lowest BCUT2D eigenvalue weighted by Crippen LogP contribution is -2.00. The van der Waals surface area contributed by atoms with E-state index in [1.54, 1.807) is 17.7 Å². The fourth-order valence-corrected chi connectivity index (χ4v) is 2.09. The second kappa shape index (κ2) is 4.28. The maximum atomic E-state index is 13.4. The fraction of sp³-hybridized carbons (Fsp3) is 0.0714. The lowest BCUT2D eigenvalue weighted by atomic mass is 10.2. The Bertz CT molecular complexity index is 752. The Kier molecular flexibility index (Phi) is 2.59. The molecule has 0 atom stereocenters. The van der Waals surface area contributed by atoms with Crippen molar-refractivity contribution in [1.82, 2.24) is 9.55 Å². The number of hydrogen-bond acceptors (Lipinski definition) is 3. The topological polar surface area (TPSA) is 53.1 Å². The zero-order valence-corrected chi connectivity index (χ0v) is 10.3. The quantitative estimate of drug-likeness (QED) is 0.768. The molecule has 4 nitrogen and oxygen atoms in total. The summed E-state index contributed by atoms with van der Waals surface area (Å²) in [5, 5.41) is 0. The highest BCUT2D eigenvalue weighted by Gasteiger charge is 2.11. The van der Waals surface area contributed by atoms with Crippen LogP contribution in [0.25, 0.3) is 16.7 Å². The van der Waals surface area contributed by atoms with Gasteiger partial charge in [0.25, 0.3) is 0 Å². The maximum absolute atomic E-state index is 13.4. The number of nitrogen functional groups attached to an aromatic ring is 1. The molecule has 0 aliphatic carbocycles. The predicted molar refractivity (Wildman–Crippen MR) is 72.0 cm³/mol. The number of aromatic nitrogens is 2. The summed E-state index contributed by atoms with van der Waals surface area (Å²) in [5.41, 5.74) is 7.98. The number of imidazole rings is 1. The summed E-state index contributed by atoms with van der Waals surface area (Å²) < 4.78 is 20.3. The normalized spacial score (nSPS) is 10.8. The van der Waals surface area contributed by atoms with Gasteiger partial charge < -0.3 is 10.5 Å². The van der Waals surface area contributed by atoms with Crippen molar-refractivity contribution in [3.8, 4) is 11.4 Å². The average molecular weight is 257 g/mol. The molecule has 1 heterocycles. The number of methoxy groups -OCH3 is 1. The van der Waals surface area contributed by atoms with Crippen molar-refractivity contribution < 1.29 is 9.13 Å². The fourth-order valence-electron chi connectivity index (χ4n) is 2.09. The minimum absolute atomic E-state index is 0.314. The van der Waals surface area contributed by atoms with Crippen LogP contribution in [0.2, 0.25) is 0 Å². The first-order valence-corrected chi connectivity index (χ1v) is 5.77. The molecule has 0 radical (unpaired) electrons. The predicted octanol–water partition coefficient (Wildman–Crippen LogP) is 2.76. The van der Waals surface area contributed by atoms with Gasteiger partial charge >= 0.3 is 0 Å². The van der Waals surface area contributed by atoms with Crippen molar-refractivity contribution in [1.29, 1.82) is 0 Å². The molecule has 0 spiro atoms. The van der Waals surface area contributed by atoms with Gasteiger partial charge in [-0.05, 0) is 24.3 Å². The summed E-state index contributed by atoms with van der Waals surface area (Å²) in [6, 6.07) is 11.8. The van der Waals surface area contributed by atoms with Crippen molar-refractivity contribution >= 4 is 17.0 Å². The largest absolute Gasteiger partial charge is 0.497 e. The second-order valence-electron chi connectivity index (χ2n) is 4.14. The van der Waals surface area contributed by atoms with Crippen LogP contribution in [0.3, 0.4) is 0 Å². The number of hydrogen-bond donors (Lipinski definition) is 1. The van der Waals surface area contributed by atoms with Gasteiger partial charge in [0.15, 0.2) is 0 Å². The number of nitrogens with zero attached hydrogens (tertiary/aromatic N) is 2. The van der Waals surface area contributed by atoms with Gasteiger partial charge in [0, 0.05) is 12.1 Å². The van der Waals surface area contributed by atoms with E-state index in [-0.39, 0.29) is 5.82 Å². The number of anilines is 1. The Hall–Kier alpha value is -2.56. The van der Waals surface area contributed by atoms with E-state index < -0.39 is 0 Å². The molecule has 0 fully saturated rings. The summed E-state index contributed by atoms with van der Waals surface area (Å²) in [4.78, 5) is 4.22. The van der Waals surface area contributed by atoms with Crippen LogP contribution in [0.1, 0.15) is 0 Å². The highest BCUT2D eigenvalue weighted by atomic mass is 19.1. The molecule has 0 amide bonds. The Morgan fingerprint density at radius 1 is 1.21 bits per heavy atom. The number of ether oxygens (including phenoxy) is 1. The van der Waals surface area contributed by atoms with Crippen LogP contribution in [0.15, 0.2) is 42.5 Å². The molecule has 3 rings (SSSR count). The van der Waals surface area contributed by atoms with Crippen LogP contribution in [0.5, 0.6) is 5.75 Å². The number of halogens is 1. The van der Waals surface area contributed by atoms with Crippen molar-refractivity contribution in [2.45, 2.75) is 0 Å². The van der Waals surface area contributed by atoms with Gasteiger partial charge in [0.2, 0.25) is 5.95 Å². The number of benzene rings is 2. The van der Waals surface area contributed by atoms with Crippen molar-refractivity contribution in [2.24, 2.45) is 0 Å². The second-order valence-corrected chi connectivity index (χ2v) is 4.14. The maximum Gasteiger partial charge on any atom is 0.205 e. The van der Waals surface area contributed by atoms with Crippen LogP contribution in [-0.2, 0) is 0 Å². The first kappa shape index (κ1) is 11.5. The molecule has 0 saturated heterocycles. The highest BCUT2D eigenvalue weighted by Crippen LogP contribution is 2.25. The number of rotatable bonds is 2. The zero-order chi connectivity index (χ0) is 13.4. The number of nitrogens with two attached hydrogens (primary N) is 1. The molecule has 2 aromatic carbocycles. The standard InChI is InChI=1S/C14H12FN3O/c1-19-11-4-2-3-10(8-11)18-13-7-9(15)5-6-12(13)17-14(18)16/h2-8H,1H3,(H2,16,17). The molecule has 96 valence electrons. The minimum atomic E-state index is -0.323. The van der Waals surface area contributed by atoms with E-state index in [2.05, 4.69) is 4.98 Å². The van der Waals surface area contributed by atoms with Gasteiger partial charge in [-0.25, -0.2) is 9.37 Å². The van der Waals surface area contributed by atoms with Crippen LogP contribution < -0.4 is 10.5 Å². The third-order valence-corrected chi connectivity index (χ3v) is 2.95. The average Bonchev–Trinajstić information content (AvgIpc) is 2.74. The van der Waals surface area contributed by atoms with Gasteiger partial charge in [0.1, 0.15) is 11.6 Å². The summed E-state index contributed by atoms with van der Waals surface area (Å²) in [6.45, 7) is 0. The zero-order valence-electron chi connectivity index (χ0n) is 10.3. The highest BCUT2D eigenvalue weighted by molar-refractivity contribution is 5.81. The molecule has 2 N–H and O–H groups in total. The van der Waals surface area contributed by atoms with Crippen molar-refractivity contribution in [2.75, 3.05) is 12.8 Å². The molecule has 0 aliphatic rings. The first-order valence-electron chi connectivity index (χ1n) is 5.77. The van der Waals surface area contributed by atoms with E-state index in [0.717, 1.165) is 5.69 Å². The molecule has 19 heavy (non-hydrogen) atoms. The van der Waals surface area contributed by atoms with Crippen molar-refractivity contribution in [3.63, 3.8) is 0 Å². The Labute approximate surface area is 109 Å².